The molecule has 1 atom stereocenters. The highest BCUT2D eigenvalue weighted by atomic mass is 19.4. The summed E-state index contributed by atoms with van der Waals surface area (Å²) in [5, 5.41) is 5.32. The van der Waals surface area contributed by atoms with Gasteiger partial charge in [-0.25, -0.2) is 0 Å². The lowest BCUT2D eigenvalue weighted by atomic mass is 10.1. The third kappa shape index (κ3) is 4.70. The molecule has 2 N–H and O–H groups in total. The fourth-order valence-electron chi connectivity index (χ4n) is 2.70. The van der Waals surface area contributed by atoms with E-state index in [0.29, 0.717) is 25.2 Å². The van der Waals surface area contributed by atoms with Crippen LogP contribution in [0.2, 0.25) is 0 Å². The highest BCUT2D eigenvalue weighted by Gasteiger charge is 2.33. The minimum atomic E-state index is -4.41. The van der Waals surface area contributed by atoms with E-state index < -0.39 is 17.8 Å². The van der Waals surface area contributed by atoms with Crippen molar-refractivity contribution in [2.24, 2.45) is 0 Å². The van der Waals surface area contributed by atoms with E-state index in [4.69, 9.17) is 0 Å². The number of nitrogens with zero attached hydrogens (tertiary/aromatic N) is 1. The van der Waals surface area contributed by atoms with Gasteiger partial charge in [-0.05, 0) is 18.6 Å². The van der Waals surface area contributed by atoms with Crippen molar-refractivity contribution in [2.45, 2.75) is 32.1 Å². The van der Waals surface area contributed by atoms with Crippen LogP contribution in [0.3, 0.4) is 0 Å². The zero-order valence-electron chi connectivity index (χ0n) is 13.3. The van der Waals surface area contributed by atoms with E-state index in [1.807, 2.05) is 0 Å². The smallest absolute Gasteiger partial charge is 0.356 e. The van der Waals surface area contributed by atoms with Gasteiger partial charge in [0.2, 0.25) is 11.8 Å². The first-order chi connectivity index (χ1) is 11.3. The number of piperazine rings is 1. The summed E-state index contributed by atoms with van der Waals surface area (Å²) in [6, 6.07) is 4.35. The molecule has 0 unspecified atom stereocenters. The predicted octanol–water partition coefficient (Wildman–Crippen LogP) is 1.53. The number of hydrogen-bond donors (Lipinski definition) is 2. The van der Waals surface area contributed by atoms with Crippen LogP contribution in [0.25, 0.3) is 0 Å². The summed E-state index contributed by atoms with van der Waals surface area (Å²) >= 11 is 0. The molecule has 1 aliphatic heterocycles. The van der Waals surface area contributed by atoms with Gasteiger partial charge in [0, 0.05) is 26.2 Å². The van der Waals surface area contributed by atoms with Crippen molar-refractivity contribution in [3.8, 4) is 0 Å². The second-order valence-corrected chi connectivity index (χ2v) is 5.63. The van der Waals surface area contributed by atoms with Crippen LogP contribution < -0.4 is 10.6 Å². The highest BCUT2D eigenvalue weighted by molar-refractivity contribution is 5.88. The number of carbonyl (C=O) groups excluding carboxylic acids is 2. The van der Waals surface area contributed by atoms with E-state index in [1.54, 1.807) is 17.9 Å². The van der Waals surface area contributed by atoms with Crippen LogP contribution in [0.1, 0.15) is 24.5 Å². The zero-order chi connectivity index (χ0) is 17.7. The van der Waals surface area contributed by atoms with Crippen molar-refractivity contribution in [2.75, 3.05) is 19.6 Å². The van der Waals surface area contributed by atoms with Crippen molar-refractivity contribution in [1.29, 1.82) is 0 Å². The largest absolute Gasteiger partial charge is 0.416 e. The molecule has 2 rings (SSSR count). The highest BCUT2D eigenvalue weighted by Crippen LogP contribution is 2.30. The Hall–Kier alpha value is -2.09. The van der Waals surface area contributed by atoms with Crippen molar-refractivity contribution >= 4 is 11.8 Å². The van der Waals surface area contributed by atoms with Crippen LogP contribution in [0.4, 0.5) is 13.2 Å². The third-order valence-electron chi connectivity index (χ3n) is 3.83. The molecule has 132 valence electrons. The number of hydrogen-bond acceptors (Lipinski definition) is 3. The Morgan fingerprint density at radius 2 is 2.17 bits per heavy atom. The Labute approximate surface area is 138 Å². The van der Waals surface area contributed by atoms with Gasteiger partial charge in [0.1, 0.15) is 0 Å². The summed E-state index contributed by atoms with van der Waals surface area (Å²) in [6.07, 6.45) is -4.42. The Bertz CT molecular complexity index is 604. The van der Waals surface area contributed by atoms with Crippen molar-refractivity contribution < 1.29 is 22.8 Å². The topological polar surface area (TPSA) is 61.4 Å². The number of nitrogens with one attached hydrogen (secondary N) is 2. The lowest BCUT2D eigenvalue weighted by Gasteiger charge is -2.34. The van der Waals surface area contributed by atoms with E-state index >= 15 is 0 Å². The van der Waals surface area contributed by atoms with Crippen molar-refractivity contribution in [3.63, 3.8) is 0 Å². The normalized spacial score (nSPS) is 19.0. The molecular weight excluding hydrogens is 323 g/mol. The lowest BCUT2D eigenvalue weighted by molar-refractivity contribution is -0.137. The van der Waals surface area contributed by atoms with Crippen LogP contribution in [0.5, 0.6) is 0 Å². The quantitative estimate of drug-likeness (QED) is 0.852. The van der Waals surface area contributed by atoms with E-state index in [1.165, 1.54) is 6.07 Å². The second-order valence-electron chi connectivity index (χ2n) is 5.63. The molecular formula is C16H20F3N3O2. The van der Waals surface area contributed by atoms with Gasteiger partial charge >= 0.3 is 6.18 Å². The molecule has 1 fully saturated rings. The van der Waals surface area contributed by atoms with Crippen molar-refractivity contribution in [1.82, 2.24) is 15.5 Å². The maximum absolute atomic E-state index is 12.8. The molecule has 0 spiro atoms. The molecule has 24 heavy (non-hydrogen) atoms. The maximum Gasteiger partial charge on any atom is 0.416 e. The second kappa shape index (κ2) is 7.65. The summed E-state index contributed by atoms with van der Waals surface area (Å²) in [7, 11) is 0. The molecule has 0 bridgehead atoms. The average molecular weight is 343 g/mol. The first kappa shape index (κ1) is 18.3. The van der Waals surface area contributed by atoms with Gasteiger partial charge in [-0.15, -0.1) is 0 Å². The monoisotopic (exact) mass is 343 g/mol. The number of amides is 2. The zero-order valence-corrected chi connectivity index (χ0v) is 13.3. The first-order valence-electron chi connectivity index (χ1n) is 7.76. The molecule has 1 heterocycles. The van der Waals surface area contributed by atoms with Crippen LogP contribution in [0, 0.1) is 0 Å². The summed E-state index contributed by atoms with van der Waals surface area (Å²) in [6.45, 7) is 3.30. The Balaban J connectivity index is 2.13. The predicted molar refractivity (Wildman–Crippen MR) is 82.0 cm³/mol. The summed E-state index contributed by atoms with van der Waals surface area (Å²) in [4.78, 5) is 25.6. The number of alkyl halides is 3. The van der Waals surface area contributed by atoms with Crippen LogP contribution in [-0.2, 0) is 22.3 Å². The molecule has 8 heteroatoms. The van der Waals surface area contributed by atoms with Gasteiger partial charge in [0.05, 0.1) is 18.0 Å². The van der Waals surface area contributed by atoms with Crippen LogP contribution in [-0.4, -0.2) is 42.4 Å². The van der Waals surface area contributed by atoms with Gasteiger partial charge < -0.3 is 10.6 Å². The molecule has 0 saturated carbocycles. The summed E-state index contributed by atoms with van der Waals surface area (Å²) in [5.74, 6) is -0.534. The van der Waals surface area contributed by atoms with Crippen molar-refractivity contribution in [3.05, 3.63) is 35.4 Å². The molecule has 1 saturated heterocycles. The molecule has 1 aliphatic rings. The maximum atomic E-state index is 12.8. The van der Waals surface area contributed by atoms with Crippen LogP contribution >= 0.6 is 0 Å². The molecule has 0 aromatic heterocycles. The number of halogens is 3. The standard InChI is InChI=1S/C16H20F3N3O2/c1-2-20-14(23)9-13-15(24)21-6-7-22(13)10-11-4-3-5-12(8-11)16(17,18)19/h3-5,8,13H,2,6-7,9-10H2,1H3,(H,20,23)(H,21,24)/t13-/m0/s1. The number of benzene rings is 1. The van der Waals surface area contributed by atoms with E-state index in [-0.39, 0.29) is 24.8 Å². The molecule has 5 nitrogen and oxygen atoms in total. The van der Waals surface area contributed by atoms with E-state index in [9.17, 15) is 22.8 Å². The SMILES string of the molecule is CCNC(=O)C[C@H]1C(=O)NCCN1Cc1cccc(C(F)(F)F)c1. The number of carbonyl (C=O) groups is 2. The van der Waals surface area contributed by atoms with Gasteiger partial charge in [0.25, 0.3) is 0 Å². The Morgan fingerprint density at radius 1 is 1.42 bits per heavy atom. The van der Waals surface area contributed by atoms with Crippen LogP contribution in [0.15, 0.2) is 24.3 Å². The van der Waals surface area contributed by atoms with Gasteiger partial charge in [-0.2, -0.15) is 13.2 Å². The van der Waals surface area contributed by atoms with E-state index in [0.717, 1.165) is 12.1 Å². The van der Waals surface area contributed by atoms with Gasteiger partial charge in [-0.3, -0.25) is 14.5 Å². The molecule has 0 aliphatic carbocycles. The fourth-order valence-corrected chi connectivity index (χ4v) is 2.70. The third-order valence-corrected chi connectivity index (χ3v) is 3.83. The van der Waals surface area contributed by atoms with Gasteiger partial charge in [-0.1, -0.05) is 18.2 Å². The number of rotatable bonds is 5. The minimum absolute atomic E-state index is 0.0152. The first-order valence-corrected chi connectivity index (χ1v) is 7.76. The lowest BCUT2D eigenvalue weighted by Crippen LogP contribution is -2.56. The Morgan fingerprint density at radius 3 is 2.83 bits per heavy atom. The minimum Gasteiger partial charge on any atom is -0.356 e. The van der Waals surface area contributed by atoms with E-state index in [2.05, 4.69) is 10.6 Å². The molecule has 0 radical (unpaired) electrons. The average Bonchev–Trinajstić information content (AvgIpc) is 2.50. The molecule has 1 aromatic carbocycles. The fraction of sp³-hybridized carbons (Fsp3) is 0.500. The summed E-state index contributed by atoms with van der Waals surface area (Å²) in [5.41, 5.74) is -0.262. The summed E-state index contributed by atoms with van der Waals surface area (Å²) < 4.78 is 38.4. The Kier molecular flexibility index (Phi) is 5.82. The molecule has 2 amide bonds. The van der Waals surface area contributed by atoms with Gasteiger partial charge in [0.15, 0.2) is 0 Å². The molecule has 1 aromatic rings.